The maximum atomic E-state index is 12.4. The van der Waals surface area contributed by atoms with Crippen molar-refractivity contribution >= 4 is 22.6 Å². The smallest absolute Gasteiger partial charge is 0.255 e. The van der Waals surface area contributed by atoms with Gasteiger partial charge in [0, 0.05) is 17.8 Å². The van der Waals surface area contributed by atoms with E-state index in [1.54, 1.807) is 12.1 Å². The molecule has 6 nitrogen and oxygen atoms in total. The van der Waals surface area contributed by atoms with Crippen molar-refractivity contribution in [1.82, 2.24) is 15.0 Å². The molecule has 1 aromatic heterocycles. The van der Waals surface area contributed by atoms with Gasteiger partial charge in [0.05, 0.1) is 12.1 Å². The van der Waals surface area contributed by atoms with Crippen LogP contribution in [0.1, 0.15) is 30.6 Å². The summed E-state index contributed by atoms with van der Waals surface area (Å²) in [5, 5.41) is 11.1. The van der Waals surface area contributed by atoms with Gasteiger partial charge in [-0.25, -0.2) is 4.68 Å². The average Bonchev–Trinajstić information content (AvgIpc) is 2.99. The van der Waals surface area contributed by atoms with Crippen LogP contribution in [0.2, 0.25) is 0 Å². The van der Waals surface area contributed by atoms with Gasteiger partial charge in [0.25, 0.3) is 5.91 Å². The number of hydrogen-bond donors (Lipinski definition) is 1. The third-order valence-corrected chi connectivity index (χ3v) is 3.63. The number of aromatic nitrogens is 3. The van der Waals surface area contributed by atoms with Gasteiger partial charge in [-0.3, -0.25) is 4.79 Å². The Morgan fingerprint density at radius 1 is 1.17 bits per heavy atom. The number of amides is 1. The molecule has 0 aliphatic carbocycles. The van der Waals surface area contributed by atoms with E-state index in [2.05, 4.69) is 22.6 Å². The summed E-state index contributed by atoms with van der Waals surface area (Å²) in [6.45, 7) is 5.45. The molecule has 0 fully saturated rings. The van der Waals surface area contributed by atoms with Crippen LogP contribution in [0.4, 0.5) is 5.69 Å². The molecule has 124 valence electrons. The van der Waals surface area contributed by atoms with E-state index < -0.39 is 0 Å². The molecule has 1 heterocycles. The maximum Gasteiger partial charge on any atom is 0.255 e. The molecule has 0 unspecified atom stereocenters. The lowest BCUT2D eigenvalue weighted by Gasteiger charge is -2.07. The van der Waals surface area contributed by atoms with Crippen LogP contribution >= 0.6 is 0 Å². The van der Waals surface area contributed by atoms with Gasteiger partial charge in [-0.1, -0.05) is 12.1 Å². The largest absolute Gasteiger partial charge is 0.494 e. The Hall–Kier alpha value is -2.89. The van der Waals surface area contributed by atoms with Crippen molar-refractivity contribution in [2.75, 3.05) is 11.9 Å². The first-order valence-electron chi connectivity index (χ1n) is 8.08. The monoisotopic (exact) mass is 324 g/mol. The molecule has 1 amide bonds. The number of fused-ring (bicyclic) bond motifs is 1. The number of benzene rings is 2. The number of hydrogen-bond acceptors (Lipinski definition) is 4. The average molecular weight is 324 g/mol. The van der Waals surface area contributed by atoms with E-state index >= 15 is 0 Å². The Bertz CT molecular complexity index is 840. The summed E-state index contributed by atoms with van der Waals surface area (Å²) in [6, 6.07) is 12.7. The van der Waals surface area contributed by atoms with Crippen molar-refractivity contribution in [2.45, 2.75) is 26.8 Å². The molecule has 6 heteroatoms. The first-order chi connectivity index (χ1) is 11.7. The van der Waals surface area contributed by atoms with E-state index in [0.717, 1.165) is 35.4 Å². The van der Waals surface area contributed by atoms with Crippen LogP contribution in [0.3, 0.4) is 0 Å². The topological polar surface area (TPSA) is 69.0 Å². The van der Waals surface area contributed by atoms with Gasteiger partial charge in [0.15, 0.2) is 0 Å². The summed E-state index contributed by atoms with van der Waals surface area (Å²) in [4.78, 5) is 12.4. The second-order valence-corrected chi connectivity index (χ2v) is 5.43. The number of ether oxygens (including phenoxy) is 1. The maximum absolute atomic E-state index is 12.4. The van der Waals surface area contributed by atoms with Crippen LogP contribution in [0.15, 0.2) is 42.5 Å². The zero-order valence-electron chi connectivity index (χ0n) is 13.8. The number of carbonyl (C=O) groups excluding carboxylic acids is 1. The van der Waals surface area contributed by atoms with Crippen molar-refractivity contribution in [3.63, 3.8) is 0 Å². The summed E-state index contributed by atoms with van der Waals surface area (Å²) < 4.78 is 7.24. The third kappa shape index (κ3) is 3.37. The minimum atomic E-state index is -0.175. The van der Waals surface area contributed by atoms with Crippen molar-refractivity contribution in [3.8, 4) is 5.75 Å². The van der Waals surface area contributed by atoms with Gasteiger partial charge >= 0.3 is 0 Å². The van der Waals surface area contributed by atoms with E-state index in [4.69, 9.17) is 4.74 Å². The molecule has 0 spiro atoms. The summed E-state index contributed by atoms with van der Waals surface area (Å²) in [5.74, 6) is 0.607. The van der Waals surface area contributed by atoms with Crippen molar-refractivity contribution in [2.24, 2.45) is 0 Å². The van der Waals surface area contributed by atoms with Gasteiger partial charge in [-0.15, -0.1) is 5.10 Å². The molecule has 3 rings (SSSR count). The van der Waals surface area contributed by atoms with E-state index in [0.29, 0.717) is 12.2 Å². The highest BCUT2D eigenvalue weighted by atomic mass is 16.5. The van der Waals surface area contributed by atoms with E-state index in [9.17, 15) is 4.79 Å². The molecule has 1 N–H and O–H groups in total. The van der Waals surface area contributed by atoms with Crippen molar-refractivity contribution < 1.29 is 9.53 Å². The lowest BCUT2D eigenvalue weighted by atomic mass is 10.1. The fourth-order valence-electron chi connectivity index (χ4n) is 2.49. The predicted octanol–water partition coefficient (Wildman–Crippen LogP) is 3.49. The number of rotatable bonds is 6. The second-order valence-electron chi connectivity index (χ2n) is 5.43. The Morgan fingerprint density at radius 2 is 1.96 bits per heavy atom. The Morgan fingerprint density at radius 3 is 2.67 bits per heavy atom. The number of carbonyl (C=O) groups is 1. The highest BCUT2D eigenvalue weighted by Crippen LogP contribution is 2.18. The van der Waals surface area contributed by atoms with Crippen LogP contribution in [0, 0.1) is 0 Å². The lowest BCUT2D eigenvalue weighted by Crippen LogP contribution is -2.11. The molecule has 0 saturated heterocycles. The van der Waals surface area contributed by atoms with Gasteiger partial charge in [0.1, 0.15) is 11.3 Å². The molecular weight excluding hydrogens is 304 g/mol. The standard InChI is InChI=1S/C18H20N4O2/c1-3-11-22-17-10-5-13(12-16(17)20-21-22)18(23)19-14-6-8-15(9-7-14)24-4-2/h5-10,12H,3-4,11H2,1-2H3,(H,19,23). The van der Waals surface area contributed by atoms with Gasteiger partial charge in [-0.2, -0.15) is 0 Å². The molecule has 3 aromatic rings. The van der Waals surface area contributed by atoms with Crippen LogP contribution in [-0.4, -0.2) is 27.5 Å². The van der Waals surface area contributed by atoms with Crippen molar-refractivity contribution in [3.05, 3.63) is 48.0 Å². The number of anilines is 1. The highest BCUT2D eigenvalue weighted by molar-refractivity contribution is 6.05. The lowest BCUT2D eigenvalue weighted by molar-refractivity contribution is 0.102. The summed E-state index contributed by atoms with van der Waals surface area (Å²) >= 11 is 0. The number of nitrogens with zero attached hydrogens (tertiary/aromatic N) is 3. The number of aryl methyl sites for hydroxylation is 1. The second kappa shape index (κ2) is 7.12. The zero-order valence-corrected chi connectivity index (χ0v) is 13.8. The summed E-state index contributed by atoms with van der Waals surface area (Å²) in [6.07, 6.45) is 0.985. The predicted molar refractivity (Wildman–Crippen MR) is 93.4 cm³/mol. The first kappa shape index (κ1) is 16.0. The quantitative estimate of drug-likeness (QED) is 0.753. The zero-order chi connectivity index (χ0) is 16.9. The minimum Gasteiger partial charge on any atom is -0.494 e. The van der Waals surface area contributed by atoms with E-state index in [-0.39, 0.29) is 5.91 Å². The molecule has 24 heavy (non-hydrogen) atoms. The van der Waals surface area contributed by atoms with Crippen LogP contribution < -0.4 is 10.1 Å². The van der Waals surface area contributed by atoms with Crippen LogP contribution in [0.5, 0.6) is 5.75 Å². The van der Waals surface area contributed by atoms with E-state index in [1.807, 2.05) is 41.9 Å². The third-order valence-electron chi connectivity index (χ3n) is 3.63. The fraction of sp³-hybridized carbons (Fsp3) is 0.278. The molecule has 0 bridgehead atoms. The minimum absolute atomic E-state index is 0.175. The molecule has 0 saturated carbocycles. The van der Waals surface area contributed by atoms with Crippen LogP contribution in [0.25, 0.3) is 11.0 Å². The SMILES string of the molecule is CCCn1nnc2cc(C(=O)Nc3ccc(OCC)cc3)ccc21. The molecule has 2 aromatic carbocycles. The van der Waals surface area contributed by atoms with Crippen molar-refractivity contribution in [1.29, 1.82) is 0 Å². The van der Waals surface area contributed by atoms with Gasteiger partial charge < -0.3 is 10.1 Å². The highest BCUT2D eigenvalue weighted by Gasteiger charge is 2.10. The molecule has 0 radical (unpaired) electrons. The Labute approximate surface area is 140 Å². The normalized spacial score (nSPS) is 10.8. The van der Waals surface area contributed by atoms with Crippen LogP contribution in [-0.2, 0) is 6.54 Å². The summed E-state index contributed by atoms with van der Waals surface area (Å²) in [5.41, 5.74) is 2.94. The molecular formula is C18H20N4O2. The van der Waals surface area contributed by atoms with E-state index in [1.165, 1.54) is 0 Å². The molecule has 0 aliphatic rings. The Kier molecular flexibility index (Phi) is 4.74. The molecule has 0 atom stereocenters. The Balaban J connectivity index is 1.75. The first-order valence-corrected chi connectivity index (χ1v) is 8.08. The summed E-state index contributed by atoms with van der Waals surface area (Å²) in [7, 11) is 0. The number of nitrogens with one attached hydrogen (secondary N) is 1. The van der Waals surface area contributed by atoms with Gasteiger partial charge in [-0.05, 0) is 55.8 Å². The molecule has 0 aliphatic heterocycles. The fourth-order valence-corrected chi connectivity index (χ4v) is 2.49. The van der Waals surface area contributed by atoms with Gasteiger partial charge in [0.2, 0.25) is 0 Å².